The van der Waals surface area contributed by atoms with Crippen LogP contribution in [0.5, 0.6) is 5.75 Å². The molecule has 2 heterocycles. The zero-order chi connectivity index (χ0) is 21.5. The largest absolute Gasteiger partial charge is 0.483 e. The van der Waals surface area contributed by atoms with Gasteiger partial charge in [-0.3, -0.25) is 14.3 Å². The van der Waals surface area contributed by atoms with Crippen LogP contribution < -0.4 is 15.4 Å². The highest BCUT2D eigenvalue weighted by Crippen LogP contribution is 2.20. The van der Waals surface area contributed by atoms with E-state index in [4.69, 9.17) is 9.26 Å². The molecular weight excluding hydrogens is 503 g/mol. The Morgan fingerprint density at radius 2 is 2.03 bits per heavy atom. The second-order valence-corrected chi connectivity index (χ2v) is 7.71. The molecule has 0 aliphatic carbocycles. The molecule has 2 aromatic heterocycles. The summed E-state index contributed by atoms with van der Waals surface area (Å²) < 4.78 is 13.1. The van der Waals surface area contributed by atoms with Crippen molar-refractivity contribution in [1.29, 1.82) is 0 Å². The van der Waals surface area contributed by atoms with Crippen LogP contribution in [-0.2, 0) is 11.3 Å². The van der Waals surface area contributed by atoms with Crippen molar-refractivity contribution in [1.82, 2.24) is 30.6 Å². The van der Waals surface area contributed by atoms with Gasteiger partial charge in [-0.25, -0.2) is 0 Å². The Hall–Kier alpha value is -2.96. The molecule has 0 atom stereocenters. The molecule has 0 aliphatic rings. The Kier molecular flexibility index (Phi) is 7.38. The normalized spacial score (nSPS) is 10.6. The fourth-order valence-corrected chi connectivity index (χ4v) is 2.95. The van der Waals surface area contributed by atoms with E-state index in [0.717, 1.165) is 14.7 Å². The Balaban J connectivity index is 1.36. The van der Waals surface area contributed by atoms with Gasteiger partial charge in [0.25, 0.3) is 5.91 Å². The highest BCUT2D eigenvalue weighted by molar-refractivity contribution is 14.1. The van der Waals surface area contributed by atoms with Gasteiger partial charge in [-0.05, 0) is 53.6 Å². The SMILES string of the molecule is Cc1cccc(OCC(=O)NCCNC(=O)c2nc(Cn3cc(I)cn3)no2)c1C. The maximum atomic E-state index is 12.1. The van der Waals surface area contributed by atoms with Crippen LogP contribution >= 0.6 is 22.6 Å². The summed E-state index contributed by atoms with van der Waals surface area (Å²) in [6, 6.07) is 5.68. The summed E-state index contributed by atoms with van der Waals surface area (Å²) >= 11 is 2.14. The molecule has 30 heavy (non-hydrogen) atoms. The van der Waals surface area contributed by atoms with Gasteiger partial charge in [-0.2, -0.15) is 10.1 Å². The van der Waals surface area contributed by atoms with Crippen LogP contribution in [0.3, 0.4) is 0 Å². The van der Waals surface area contributed by atoms with E-state index in [1.54, 1.807) is 10.9 Å². The fraction of sp³-hybridized carbons (Fsp3) is 0.316. The Bertz CT molecular complexity index is 1030. The quantitative estimate of drug-likeness (QED) is 0.321. The number of amides is 2. The van der Waals surface area contributed by atoms with Crippen molar-refractivity contribution < 1.29 is 18.8 Å². The molecule has 0 bridgehead atoms. The summed E-state index contributed by atoms with van der Waals surface area (Å²) in [5.41, 5.74) is 2.10. The lowest BCUT2D eigenvalue weighted by Gasteiger charge is -2.11. The van der Waals surface area contributed by atoms with Gasteiger partial charge in [0.15, 0.2) is 12.4 Å². The van der Waals surface area contributed by atoms with Crippen molar-refractivity contribution in [3.05, 3.63) is 57.0 Å². The number of nitrogens with one attached hydrogen (secondary N) is 2. The third kappa shape index (κ3) is 6.02. The summed E-state index contributed by atoms with van der Waals surface area (Å²) in [7, 11) is 0. The summed E-state index contributed by atoms with van der Waals surface area (Å²) in [5.74, 6) is 0.0900. The molecule has 0 saturated heterocycles. The molecule has 2 amide bonds. The topological polar surface area (TPSA) is 124 Å². The molecule has 0 radical (unpaired) electrons. The van der Waals surface area contributed by atoms with E-state index >= 15 is 0 Å². The number of halogens is 1. The van der Waals surface area contributed by atoms with E-state index < -0.39 is 5.91 Å². The third-order valence-corrected chi connectivity index (χ3v) is 4.77. The van der Waals surface area contributed by atoms with E-state index in [1.165, 1.54) is 0 Å². The second kappa shape index (κ2) is 10.2. The first-order chi connectivity index (χ1) is 14.4. The van der Waals surface area contributed by atoms with Gasteiger partial charge in [0.2, 0.25) is 0 Å². The van der Waals surface area contributed by atoms with Gasteiger partial charge in [0.05, 0.1) is 9.77 Å². The average molecular weight is 524 g/mol. The van der Waals surface area contributed by atoms with Crippen molar-refractivity contribution in [2.45, 2.75) is 20.4 Å². The average Bonchev–Trinajstić information content (AvgIpc) is 3.35. The summed E-state index contributed by atoms with van der Waals surface area (Å²) in [5, 5.41) is 13.2. The van der Waals surface area contributed by atoms with Crippen molar-refractivity contribution in [2.24, 2.45) is 0 Å². The van der Waals surface area contributed by atoms with Crippen LogP contribution in [0, 0.1) is 17.4 Å². The van der Waals surface area contributed by atoms with Crippen molar-refractivity contribution >= 4 is 34.4 Å². The number of aryl methyl sites for hydroxylation is 1. The molecule has 3 rings (SSSR count). The maximum absolute atomic E-state index is 12.1. The van der Waals surface area contributed by atoms with Gasteiger partial charge in [-0.1, -0.05) is 17.3 Å². The summed E-state index contributed by atoms with van der Waals surface area (Å²) in [4.78, 5) is 28.0. The lowest BCUT2D eigenvalue weighted by Crippen LogP contribution is -2.36. The van der Waals surface area contributed by atoms with Gasteiger partial charge in [-0.15, -0.1) is 0 Å². The predicted octanol–water partition coefficient (Wildman–Crippen LogP) is 1.46. The molecular formula is C19H21IN6O4. The van der Waals surface area contributed by atoms with Crippen LogP contribution in [0.4, 0.5) is 0 Å². The molecule has 0 unspecified atom stereocenters. The molecule has 158 valence electrons. The molecule has 3 aromatic rings. The molecule has 11 heteroatoms. The lowest BCUT2D eigenvalue weighted by atomic mass is 10.1. The monoisotopic (exact) mass is 524 g/mol. The van der Waals surface area contributed by atoms with Crippen LogP contribution in [-0.4, -0.2) is 51.4 Å². The van der Waals surface area contributed by atoms with Crippen molar-refractivity contribution in [2.75, 3.05) is 19.7 Å². The highest BCUT2D eigenvalue weighted by Gasteiger charge is 2.15. The van der Waals surface area contributed by atoms with Crippen LogP contribution in [0.15, 0.2) is 35.1 Å². The number of carbonyl (C=O) groups excluding carboxylic acids is 2. The van der Waals surface area contributed by atoms with Crippen LogP contribution in [0.25, 0.3) is 0 Å². The Labute approximate surface area is 186 Å². The van der Waals surface area contributed by atoms with E-state index in [9.17, 15) is 9.59 Å². The van der Waals surface area contributed by atoms with E-state index in [-0.39, 0.29) is 31.5 Å². The molecule has 0 aliphatic heterocycles. The number of benzene rings is 1. The van der Waals surface area contributed by atoms with Gasteiger partial charge in [0, 0.05) is 19.3 Å². The first-order valence-corrected chi connectivity index (χ1v) is 10.2. The van der Waals surface area contributed by atoms with E-state index in [1.807, 2.05) is 38.2 Å². The third-order valence-electron chi connectivity index (χ3n) is 4.21. The first kappa shape index (κ1) is 21.7. The standard InChI is InChI=1S/C19H21IN6O4/c1-12-4-3-5-15(13(12)2)29-11-17(27)21-6-7-22-18(28)19-24-16(25-30-19)10-26-9-14(20)8-23-26/h3-5,8-9H,6-7,10-11H2,1-2H3,(H,21,27)(H,22,28). The molecule has 0 saturated carbocycles. The number of hydrogen-bond donors (Lipinski definition) is 2. The first-order valence-electron chi connectivity index (χ1n) is 9.17. The zero-order valence-corrected chi connectivity index (χ0v) is 18.7. The minimum absolute atomic E-state index is 0.0996. The summed E-state index contributed by atoms with van der Waals surface area (Å²) in [6.45, 7) is 4.58. The minimum Gasteiger partial charge on any atom is -0.483 e. The minimum atomic E-state index is -0.510. The molecule has 10 nitrogen and oxygen atoms in total. The fourth-order valence-electron chi connectivity index (χ4n) is 2.51. The van der Waals surface area contributed by atoms with Crippen molar-refractivity contribution in [3.63, 3.8) is 0 Å². The van der Waals surface area contributed by atoms with Gasteiger partial charge >= 0.3 is 11.8 Å². The van der Waals surface area contributed by atoms with Crippen molar-refractivity contribution in [3.8, 4) is 5.75 Å². The maximum Gasteiger partial charge on any atom is 0.316 e. The van der Waals surface area contributed by atoms with E-state index in [2.05, 4.69) is 48.5 Å². The Morgan fingerprint density at radius 3 is 2.80 bits per heavy atom. The second-order valence-electron chi connectivity index (χ2n) is 6.46. The predicted molar refractivity (Wildman–Crippen MR) is 115 cm³/mol. The molecule has 0 spiro atoms. The van der Waals surface area contributed by atoms with Crippen LogP contribution in [0.1, 0.15) is 27.6 Å². The number of hydrogen-bond acceptors (Lipinski definition) is 7. The van der Waals surface area contributed by atoms with Gasteiger partial charge in [0.1, 0.15) is 12.3 Å². The van der Waals surface area contributed by atoms with Gasteiger partial charge < -0.3 is 19.9 Å². The lowest BCUT2D eigenvalue weighted by molar-refractivity contribution is -0.123. The number of rotatable bonds is 9. The van der Waals surface area contributed by atoms with Crippen LogP contribution in [0.2, 0.25) is 0 Å². The molecule has 0 fully saturated rings. The number of ether oxygens (including phenoxy) is 1. The Morgan fingerprint density at radius 1 is 1.23 bits per heavy atom. The zero-order valence-electron chi connectivity index (χ0n) is 16.5. The number of aromatic nitrogens is 4. The number of nitrogens with zero attached hydrogens (tertiary/aromatic N) is 4. The van der Waals surface area contributed by atoms with E-state index in [0.29, 0.717) is 18.1 Å². The highest BCUT2D eigenvalue weighted by atomic mass is 127. The summed E-state index contributed by atoms with van der Waals surface area (Å²) in [6.07, 6.45) is 3.53. The number of carbonyl (C=O) groups is 2. The molecule has 2 N–H and O–H groups in total. The smallest absolute Gasteiger partial charge is 0.316 e. The molecule has 1 aromatic carbocycles.